The van der Waals surface area contributed by atoms with Gasteiger partial charge < -0.3 is 4.42 Å². The third kappa shape index (κ3) is 2.98. The fourth-order valence-electron chi connectivity index (χ4n) is 8.77. The van der Waals surface area contributed by atoms with Crippen LogP contribution in [0, 0.1) is 0 Å². The van der Waals surface area contributed by atoms with E-state index in [9.17, 15) is 0 Å². The number of hydrogen-bond acceptors (Lipinski definition) is 1. The van der Waals surface area contributed by atoms with Gasteiger partial charge in [-0.25, -0.2) is 0 Å². The van der Waals surface area contributed by atoms with Crippen LogP contribution in [-0.4, -0.2) is 0 Å². The molecule has 10 rings (SSSR count). The average Bonchev–Trinajstić information content (AvgIpc) is 3.44. The van der Waals surface area contributed by atoms with E-state index in [-0.39, 0.29) is 0 Å². The van der Waals surface area contributed by atoms with Crippen LogP contribution in [0.5, 0.6) is 0 Å². The molecule has 1 aromatic heterocycles. The van der Waals surface area contributed by atoms with Crippen LogP contribution in [0.3, 0.4) is 0 Å². The quantitative estimate of drug-likeness (QED) is 0.200. The predicted molar refractivity (Wildman–Crippen MR) is 177 cm³/mol. The number of hydrogen-bond donors (Lipinski definition) is 0. The van der Waals surface area contributed by atoms with Crippen molar-refractivity contribution in [2.75, 3.05) is 0 Å². The molecule has 0 radical (unpaired) electrons. The van der Waals surface area contributed by atoms with Crippen LogP contribution in [-0.2, 0) is 12.8 Å². The topological polar surface area (TPSA) is 13.1 Å². The molecule has 2 aliphatic carbocycles. The lowest BCUT2D eigenvalue weighted by atomic mass is 9.70. The van der Waals surface area contributed by atoms with E-state index >= 15 is 0 Å². The van der Waals surface area contributed by atoms with Crippen LogP contribution in [0.1, 0.15) is 48.3 Å². The van der Waals surface area contributed by atoms with Gasteiger partial charge in [0.15, 0.2) is 0 Å². The smallest absolute Gasteiger partial charge is 0.143 e. The molecule has 200 valence electrons. The Hall–Kier alpha value is -4.62. The van der Waals surface area contributed by atoms with E-state index in [0.717, 1.165) is 17.1 Å². The van der Waals surface area contributed by atoms with Gasteiger partial charge >= 0.3 is 0 Å². The van der Waals surface area contributed by atoms with Gasteiger partial charge in [0, 0.05) is 16.3 Å². The van der Waals surface area contributed by atoms with E-state index in [0.29, 0.717) is 0 Å². The molecule has 1 unspecified atom stereocenters. The number of furan rings is 1. The summed E-state index contributed by atoms with van der Waals surface area (Å²) in [5, 5.41) is 10.9. The second kappa shape index (κ2) is 8.46. The molecule has 2 aliphatic rings. The van der Waals surface area contributed by atoms with Gasteiger partial charge in [-0.2, -0.15) is 0 Å². The summed E-state index contributed by atoms with van der Waals surface area (Å²) in [5.41, 5.74) is 11.9. The van der Waals surface area contributed by atoms with Crippen molar-refractivity contribution in [3.63, 3.8) is 0 Å². The first-order valence-corrected chi connectivity index (χ1v) is 15.6. The summed E-state index contributed by atoms with van der Waals surface area (Å²) < 4.78 is 6.60. The molecule has 8 aromatic rings. The van der Waals surface area contributed by atoms with Crippen molar-refractivity contribution in [1.82, 2.24) is 0 Å². The first-order valence-electron chi connectivity index (χ1n) is 15.6. The molecular weight excluding hydrogens is 508 g/mol. The van der Waals surface area contributed by atoms with Crippen molar-refractivity contribution in [3.05, 3.63) is 120 Å². The van der Waals surface area contributed by atoms with Crippen molar-refractivity contribution in [2.45, 2.75) is 44.4 Å². The van der Waals surface area contributed by atoms with Gasteiger partial charge in [-0.1, -0.05) is 91.0 Å². The van der Waals surface area contributed by atoms with E-state index in [4.69, 9.17) is 4.42 Å². The molecule has 1 atom stereocenters. The molecule has 0 aliphatic heterocycles. The Kier molecular flexibility index (Phi) is 4.63. The molecule has 0 saturated heterocycles. The van der Waals surface area contributed by atoms with Gasteiger partial charge in [0.2, 0.25) is 0 Å². The summed E-state index contributed by atoms with van der Waals surface area (Å²) in [6, 6.07) is 38.2. The monoisotopic (exact) mass is 538 g/mol. The van der Waals surface area contributed by atoms with E-state index in [2.05, 4.69) is 103 Å². The molecular formula is C41H30O. The Labute approximate surface area is 244 Å². The highest BCUT2D eigenvalue weighted by Crippen LogP contribution is 2.51. The molecule has 0 bridgehead atoms. The van der Waals surface area contributed by atoms with Crippen LogP contribution in [0.25, 0.3) is 76.5 Å². The molecule has 1 heterocycles. The van der Waals surface area contributed by atoms with Crippen molar-refractivity contribution in [2.24, 2.45) is 0 Å². The third-order valence-electron chi connectivity index (χ3n) is 10.5. The predicted octanol–water partition coefficient (Wildman–Crippen LogP) is 11.6. The van der Waals surface area contributed by atoms with E-state index in [1.54, 1.807) is 16.7 Å². The van der Waals surface area contributed by atoms with Gasteiger partial charge in [-0.3, -0.25) is 0 Å². The Bertz CT molecular complexity index is 2320. The van der Waals surface area contributed by atoms with Crippen LogP contribution < -0.4 is 0 Å². The number of fused-ring (bicyclic) bond motifs is 5. The molecule has 1 heteroatoms. The van der Waals surface area contributed by atoms with Crippen LogP contribution >= 0.6 is 0 Å². The van der Waals surface area contributed by atoms with Gasteiger partial charge in [0.25, 0.3) is 0 Å². The highest BCUT2D eigenvalue weighted by Gasteiger charge is 2.31. The third-order valence-corrected chi connectivity index (χ3v) is 10.5. The number of benzene rings is 7. The number of rotatable bonds is 2. The normalized spacial score (nSPS) is 16.7. The molecule has 0 amide bonds. The van der Waals surface area contributed by atoms with Gasteiger partial charge in [-0.15, -0.1) is 0 Å². The van der Waals surface area contributed by atoms with Crippen molar-refractivity contribution >= 4 is 54.3 Å². The Morgan fingerprint density at radius 3 is 1.93 bits per heavy atom. The fraction of sp³-hybridized carbons (Fsp3) is 0.171. The second-order valence-corrected chi connectivity index (χ2v) is 12.5. The maximum Gasteiger partial charge on any atom is 0.143 e. The summed E-state index contributed by atoms with van der Waals surface area (Å²) in [4.78, 5) is 0. The molecule has 42 heavy (non-hydrogen) atoms. The van der Waals surface area contributed by atoms with Gasteiger partial charge in [-0.05, 0) is 122 Å². The first-order chi connectivity index (χ1) is 20.8. The molecule has 0 fully saturated rings. The van der Waals surface area contributed by atoms with Crippen molar-refractivity contribution < 1.29 is 4.42 Å². The van der Waals surface area contributed by atoms with E-state index in [1.807, 2.05) is 0 Å². The maximum absolute atomic E-state index is 6.60. The Balaban J connectivity index is 1.40. The lowest BCUT2D eigenvalue weighted by Gasteiger charge is -2.34. The zero-order valence-electron chi connectivity index (χ0n) is 23.5. The summed E-state index contributed by atoms with van der Waals surface area (Å²) >= 11 is 0. The summed E-state index contributed by atoms with van der Waals surface area (Å²) in [6.07, 6.45) is 7.77. The highest BCUT2D eigenvalue weighted by molar-refractivity contribution is 6.30. The van der Waals surface area contributed by atoms with Crippen LogP contribution in [0.2, 0.25) is 0 Å². The molecule has 7 aromatic carbocycles. The Morgan fingerprint density at radius 1 is 0.500 bits per heavy atom. The summed E-state index contributed by atoms with van der Waals surface area (Å²) in [5.74, 6) is 0.751. The molecule has 0 N–H and O–H groups in total. The first kappa shape index (κ1) is 23.0. The summed E-state index contributed by atoms with van der Waals surface area (Å²) in [7, 11) is 0. The minimum atomic E-state index is 0.751. The van der Waals surface area contributed by atoms with Crippen molar-refractivity contribution in [1.29, 1.82) is 0 Å². The minimum Gasteiger partial charge on any atom is -0.455 e. The highest BCUT2D eigenvalue weighted by atomic mass is 16.3. The SMILES string of the molecule is c1ccc(-c2cc(-c3cccc4c3oc3ccccc34)c3ccc4c5c6c(c7ccc2c3c74)CCCC6CCC5)cc1. The standard InChI is InChI=1S/C41H30O/c1-2-9-24(10-3-1)35-23-36(34-17-8-16-33-26-13-4-5-18-37(26)42-41(33)34)32-22-20-30-28-15-7-12-25-11-6-14-27(38(25)28)29-19-21-31(35)40(32)39(29)30/h1-5,8-10,13,16-23,25H,6-7,11-12,14-15H2. The maximum atomic E-state index is 6.60. The van der Waals surface area contributed by atoms with Crippen LogP contribution in [0.4, 0.5) is 0 Å². The van der Waals surface area contributed by atoms with E-state index in [1.165, 1.54) is 104 Å². The molecule has 0 saturated carbocycles. The Morgan fingerprint density at radius 2 is 1.14 bits per heavy atom. The van der Waals surface area contributed by atoms with E-state index < -0.39 is 0 Å². The fourth-order valence-corrected chi connectivity index (χ4v) is 8.77. The largest absolute Gasteiger partial charge is 0.455 e. The molecule has 0 spiro atoms. The lowest BCUT2D eigenvalue weighted by Crippen LogP contribution is -2.18. The average molecular weight is 539 g/mol. The zero-order chi connectivity index (χ0) is 27.4. The lowest BCUT2D eigenvalue weighted by molar-refractivity contribution is 0.480. The van der Waals surface area contributed by atoms with Crippen molar-refractivity contribution in [3.8, 4) is 22.3 Å². The van der Waals surface area contributed by atoms with Gasteiger partial charge in [0.05, 0.1) is 0 Å². The summed E-state index contributed by atoms with van der Waals surface area (Å²) in [6.45, 7) is 0. The minimum absolute atomic E-state index is 0.751. The number of aryl methyl sites for hydroxylation is 2. The number of para-hydroxylation sites is 2. The molecule has 1 nitrogen and oxygen atoms in total. The second-order valence-electron chi connectivity index (χ2n) is 12.5. The van der Waals surface area contributed by atoms with Gasteiger partial charge in [0.1, 0.15) is 11.2 Å². The zero-order valence-corrected chi connectivity index (χ0v) is 23.5. The van der Waals surface area contributed by atoms with Crippen LogP contribution in [0.15, 0.2) is 108 Å².